The average Bonchev–Trinajstić information content (AvgIpc) is 3.90. The predicted octanol–water partition coefficient (Wildman–Crippen LogP) is 13.7. The topological polar surface area (TPSA) is 29.6 Å². The number of benzene rings is 7. The number of aromatic nitrogens is 1. The normalized spacial score (nSPS) is 15.5. The molecular formula is C49H33N3S2. The summed E-state index contributed by atoms with van der Waals surface area (Å²) < 4.78 is 5.19. The van der Waals surface area contributed by atoms with Crippen molar-refractivity contribution in [1.82, 2.24) is 4.57 Å². The second-order valence-electron chi connectivity index (χ2n) is 14.0. The van der Waals surface area contributed by atoms with Crippen LogP contribution in [-0.2, 0) is 13.1 Å². The van der Waals surface area contributed by atoms with Gasteiger partial charge in [0.05, 0.1) is 11.2 Å². The molecule has 2 aliphatic rings. The number of hydrogen-bond acceptors (Lipinski definition) is 4. The highest BCUT2D eigenvalue weighted by atomic mass is 32.2. The average molecular weight is 728 g/mol. The molecule has 0 N–H and O–H groups in total. The van der Waals surface area contributed by atoms with Gasteiger partial charge in [0, 0.05) is 63.8 Å². The van der Waals surface area contributed by atoms with Gasteiger partial charge >= 0.3 is 0 Å². The Bertz CT molecular complexity index is 3120. The van der Waals surface area contributed by atoms with Crippen molar-refractivity contribution in [2.45, 2.75) is 24.4 Å². The van der Waals surface area contributed by atoms with Gasteiger partial charge in [0.1, 0.15) is 11.7 Å². The molecule has 3 nitrogen and oxygen atoms in total. The third-order valence-electron chi connectivity index (χ3n) is 11.1. The van der Waals surface area contributed by atoms with Crippen molar-refractivity contribution in [1.29, 1.82) is 0 Å². The first kappa shape index (κ1) is 31.5. The fraction of sp³-hybridized carbons (Fsp3) is 0.0612. The Hall–Kier alpha value is -6.01. The number of thioether (sulfide) groups is 1. The minimum atomic E-state index is 0.515. The van der Waals surface area contributed by atoms with E-state index in [0.717, 1.165) is 40.3 Å². The summed E-state index contributed by atoms with van der Waals surface area (Å²) in [5.74, 6) is 0. The first-order chi connectivity index (χ1) is 26.7. The fourth-order valence-electron chi connectivity index (χ4n) is 8.64. The number of allylic oxidation sites excluding steroid dienone is 1. The summed E-state index contributed by atoms with van der Waals surface area (Å²) in [6.45, 7) is 4.65. The molecule has 0 saturated carbocycles. The molecule has 11 rings (SSSR count). The van der Waals surface area contributed by atoms with Gasteiger partial charge < -0.3 is 4.57 Å². The largest absolute Gasteiger partial charge is 0.323 e. The number of hydrogen-bond donors (Lipinski definition) is 0. The van der Waals surface area contributed by atoms with Crippen molar-refractivity contribution in [2.24, 2.45) is 9.98 Å². The zero-order chi connectivity index (χ0) is 35.8. The molecule has 1 aliphatic carbocycles. The molecule has 1 aliphatic heterocycles. The lowest BCUT2D eigenvalue weighted by molar-refractivity contribution is 0.711. The van der Waals surface area contributed by atoms with Crippen LogP contribution in [0.4, 0.5) is 0 Å². The van der Waals surface area contributed by atoms with Crippen molar-refractivity contribution in [2.75, 3.05) is 0 Å². The first-order valence-corrected chi connectivity index (χ1v) is 20.0. The minimum Gasteiger partial charge on any atom is -0.323 e. The van der Waals surface area contributed by atoms with Crippen LogP contribution in [0.3, 0.4) is 0 Å². The summed E-state index contributed by atoms with van der Waals surface area (Å²) in [7, 11) is 0. The van der Waals surface area contributed by atoms with Crippen LogP contribution < -0.4 is 0 Å². The van der Waals surface area contributed by atoms with Crippen molar-refractivity contribution in [3.63, 3.8) is 0 Å². The summed E-state index contributed by atoms with van der Waals surface area (Å²) in [6.07, 6.45) is 6.70. The molecule has 3 heterocycles. The molecule has 2 aromatic heterocycles. The minimum absolute atomic E-state index is 0.515. The Morgan fingerprint density at radius 1 is 0.704 bits per heavy atom. The summed E-state index contributed by atoms with van der Waals surface area (Å²) in [4.78, 5) is 11.5. The van der Waals surface area contributed by atoms with E-state index in [2.05, 4.69) is 163 Å². The van der Waals surface area contributed by atoms with Crippen LogP contribution in [0.5, 0.6) is 0 Å². The number of rotatable bonds is 5. The van der Waals surface area contributed by atoms with E-state index in [-0.39, 0.29) is 0 Å². The Morgan fingerprint density at radius 3 is 2.35 bits per heavy atom. The van der Waals surface area contributed by atoms with Crippen LogP contribution in [0.15, 0.2) is 160 Å². The van der Waals surface area contributed by atoms with Crippen molar-refractivity contribution in [3.8, 4) is 11.1 Å². The summed E-state index contributed by atoms with van der Waals surface area (Å²) >= 11 is 3.64. The van der Waals surface area contributed by atoms with E-state index in [1.54, 1.807) is 11.8 Å². The van der Waals surface area contributed by atoms with E-state index in [1.807, 2.05) is 11.3 Å². The van der Waals surface area contributed by atoms with Crippen LogP contribution in [0.1, 0.15) is 28.8 Å². The van der Waals surface area contributed by atoms with Crippen molar-refractivity contribution in [3.05, 3.63) is 168 Å². The number of thiophene rings is 1. The summed E-state index contributed by atoms with van der Waals surface area (Å²) in [5, 5.41) is 9.98. The van der Waals surface area contributed by atoms with E-state index in [9.17, 15) is 0 Å². The molecule has 54 heavy (non-hydrogen) atoms. The van der Waals surface area contributed by atoms with Crippen LogP contribution in [0.2, 0.25) is 0 Å². The fourth-order valence-corrected chi connectivity index (χ4v) is 11.0. The van der Waals surface area contributed by atoms with Crippen molar-refractivity contribution >= 4 is 105 Å². The van der Waals surface area contributed by atoms with Crippen LogP contribution in [0.25, 0.3) is 81.1 Å². The maximum absolute atomic E-state index is 5.55. The van der Waals surface area contributed by atoms with E-state index in [1.165, 1.54) is 79.9 Å². The maximum atomic E-state index is 5.55. The molecule has 0 saturated heterocycles. The summed E-state index contributed by atoms with van der Waals surface area (Å²) in [6, 6.07) is 50.3. The van der Waals surface area contributed by atoms with Gasteiger partial charge in [-0.3, -0.25) is 9.98 Å². The highest BCUT2D eigenvalue weighted by Gasteiger charge is 2.29. The SMILES string of the molecule is C=N/C(=C1\C(=N/Cn2c3c(c4c5ccccc5c5sc6ccccc6c5c42)C=CCC3)Sc2ccccc21)c1ccc2cc(-c3ccccc3)ccc2c1. The van der Waals surface area contributed by atoms with Gasteiger partial charge in [-0.25, -0.2) is 0 Å². The quantitative estimate of drug-likeness (QED) is 0.162. The number of nitrogens with zero attached hydrogens (tertiary/aromatic N) is 3. The van der Waals surface area contributed by atoms with Crippen LogP contribution in [-0.4, -0.2) is 16.3 Å². The van der Waals surface area contributed by atoms with Gasteiger partial charge in [-0.1, -0.05) is 139 Å². The predicted molar refractivity (Wildman–Crippen MR) is 235 cm³/mol. The lowest BCUT2D eigenvalue weighted by Crippen LogP contribution is -2.06. The molecule has 256 valence electrons. The van der Waals surface area contributed by atoms with Gasteiger partial charge in [0.2, 0.25) is 0 Å². The molecule has 0 amide bonds. The molecule has 0 unspecified atom stereocenters. The summed E-state index contributed by atoms with van der Waals surface area (Å²) in [5.41, 5.74) is 10.5. The van der Waals surface area contributed by atoms with Crippen molar-refractivity contribution < 1.29 is 0 Å². The molecular weight excluding hydrogens is 695 g/mol. The highest BCUT2D eigenvalue weighted by molar-refractivity contribution is 8.15. The van der Waals surface area contributed by atoms with Crippen LogP contribution in [0, 0.1) is 0 Å². The Morgan fingerprint density at radius 2 is 1.46 bits per heavy atom. The molecule has 0 atom stereocenters. The Labute approximate surface area is 321 Å². The molecule has 9 aromatic rings. The molecule has 0 radical (unpaired) electrons. The molecule has 5 heteroatoms. The first-order valence-electron chi connectivity index (χ1n) is 18.4. The van der Waals surface area contributed by atoms with E-state index in [0.29, 0.717) is 6.67 Å². The zero-order valence-corrected chi connectivity index (χ0v) is 31.1. The van der Waals surface area contributed by atoms with Gasteiger partial charge in [-0.15, -0.1) is 11.3 Å². The molecule has 0 fully saturated rings. The molecule has 7 aromatic carbocycles. The third kappa shape index (κ3) is 4.82. The van der Waals surface area contributed by atoms with E-state index < -0.39 is 0 Å². The van der Waals surface area contributed by atoms with E-state index in [4.69, 9.17) is 9.98 Å². The van der Waals surface area contributed by atoms with Gasteiger partial charge in [-0.05, 0) is 71.1 Å². The molecule has 0 bridgehead atoms. The standard InChI is InChI=1S/C49H33N3S2/c1-50-46(34-26-25-32-27-31(23-24-33(32)28-34)30-13-3-2-4-14-30)44-38-18-8-12-22-42(38)54-49(44)51-29-52-40-20-10-7-17-37(40)43-35-15-5-6-16-36(35)48-45(47(43)52)39-19-9-11-21-41(39)53-48/h2-9,11-19,21-28H,1,10,20,29H2/b46-44-,51-49+. The second-order valence-corrected chi connectivity index (χ2v) is 16.1. The lowest BCUT2D eigenvalue weighted by atomic mass is 9.96. The van der Waals surface area contributed by atoms with Gasteiger partial charge in [0.15, 0.2) is 0 Å². The maximum Gasteiger partial charge on any atom is 0.116 e. The highest BCUT2D eigenvalue weighted by Crippen LogP contribution is 2.49. The Kier molecular flexibility index (Phi) is 7.32. The van der Waals surface area contributed by atoms with Crippen LogP contribution >= 0.6 is 23.1 Å². The third-order valence-corrected chi connectivity index (χ3v) is 13.4. The monoisotopic (exact) mass is 727 g/mol. The van der Waals surface area contributed by atoms with Gasteiger partial charge in [0.25, 0.3) is 0 Å². The smallest absolute Gasteiger partial charge is 0.116 e. The zero-order valence-electron chi connectivity index (χ0n) is 29.4. The second kappa shape index (κ2) is 12.6. The number of fused-ring (bicyclic) bond motifs is 12. The number of aliphatic imine (C=N–C) groups is 2. The lowest BCUT2D eigenvalue weighted by Gasteiger charge is -2.13. The van der Waals surface area contributed by atoms with E-state index >= 15 is 0 Å². The van der Waals surface area contributed by atoms with Gasteiger partial charge in [-0.2, -0.15) is 0 Å². The Balaban J connectivity index is 1.10. The molecule has 0 spiro atoms.